The standard InChI is InChI=1S/C11H9ClF2N4S/c1-19-11(15)17-6-2-7(13)10(8(14)3-6)18-4-9(12)16-5-18/h2-5H,1H3,(H2,15,17). The molecular formula is C11H9ClF2N4S. The van der Waals surface area contributed by atoms with Crippen molar-refractivity contribution in [1.82, 2.24) is 9.55 Å². The number of halogens is 3. The van der Waals surface area contributed by atoms with Gasteiger partial charge in [-0.3, -0.25) is 4.57 Å². The number of amidine groups is 1. The zero-order valence-corrected chi connectivity index (χ0v) is 11.3. The SMILES string of the molecule is CSC(N)=Nc1cc(F)c(-n2cnc(Cl)c2)c(F)c1. The lowest BCUT2D eigenvalue weighted by molar-refractivity contribution is 0.570. The molecule has 0 radical (unpaired) electrons. The lowest BCUT2D eigenvalue weighted by Gasteiger charge is -2.06. The van der Waals surface area contributed by atoms with Gasteiger partial charge in [-0.15, -0.1) is 0 Å². The molecule has 1 heterocycles. The van der Waals surface area contributed by atoms with Gasteiger partial charge in [0.25, 0.3) is 0 Å². The van der Waals surface area contributed by atoms with Crippen molar-refractivity contribution in [3.05, 3.63) is 41.4 Å². The lowest BCUT2D eigenvalue weighted by atomic mass is 10.2. The van der Waals surface area contributed by atoms with E-state index in [1.807, 2.05) is 0 Å². The molecule has 0 bridgehead atoms. The van der Waals surface area contributed by atoms with Crippen molar-refractivity contribution >= 4 is 34.2 Å². The largest absolute Gasteiger partial charge is 0.378 e. The monoisotopic (exact) mass is 302 g/mol. The van der Waals surface area contributed by atoms with Crippen LogP contribution in [0.15, 0.2) is 29.6 Å². The fourth-order valence-corrected chi connectivity index (χ4v) is 1.80. The third-order valence-corrected chi connectivity index (χ3v) is 2.96. The quantitative estimate of drug-likeness (QED) is 0.685. The van der Waals surface area contributed by atoms with E-state index in [0.29, 0.717) is 0 Å². The molecule has 0 fully saturated rings. The van der Waals surface area contributed by atoms with Gasteiger partial charge in [-0.2, -0.15) is 0 Å². The summed E-state index contributed by atoms with van der Waals surface area (Å²) in [5.41, 5.74) is 5.34. The maximum atomic E-state index is 13.9. The molecule has 2 aromatic rings. The van der Waals surface area contributed by atoms with Crippen molar-refractivity contribution in [1.29, 1.82) is 0 Å². The number of hydrogen-bond donors (Lipinski definition) is 1. The van der Waals surface area contributed by atoms with Crippen LogP contribution >= 0.6 is 23.4 Å². The van der Waals surface area contributed by atoms with Crippen molar-refractivity contribution in [3.63, 3.8) is 0 Å². The summed E-state index contributed by atoms with van der Waals surface area (Å²) < 4.78 is 29.0. The Kier molecular flexibility index (Phi) is 4.06. The molecule has 1 aromatic heterocycles. The number of nitrogens with zero attached hydrogens (tertiary/aromatic N) is 3. The second kappa shape index (κ2) is 5.58. The number of benzene rings is 1. The maximum absolute atomic E-state index is 13.9. The molecule has 0 aliphatic heterocycles. The van der Waals surface area contributed by atoms with E-state index in [-0.39, 0.29) is 21.7 Å². The van der Waals surface area contributed by atoms with Crippen LogP contribution in [-0.4, -0.2) is 21.0 Å². The second-order valence-electron chi connectivity index (χ2n) is 3.52. The van der Waals surface area contributed by atoms with E-state index in [1.54, 1.807) is 6.26 Å². The van der Waals surface area contributed by atoms with Gasteiger partial charge in [0.1, 0.15) is 17.2 Å². The van der Waals surface area contributed by atoms with Gasteiger partial charge in [0.2, 0.25) is 0 Å². The maximum Gasteiger partial charge on any atom is 0.158 e. The molecule has 0 atom stereocenters. The molecular weight excluding hydrogens is 294 g/mol. The Morgan fingerprint density at radius 2 is 2.05 bits per heavy atom. The van der Waals surface area contributed by atoms with Crippen LogP contribution in [0.4, 0.5) is 14.5 Å². The van der Waals surface area contributed by atoms with Crippen LogP contribution in [0.2, 0.25) is 5.15 Å². The highest BCUT2D eigenvalue weighted by Gasteiger charge is 2.13. The highest BCUT2D eigenvalue weighted by Crippen LogP contribution is 2.25. The highest BCUT2D eigenvalue weighted by molar-refractivity contribution is 8.13. The number of aromatic nitrogens is 2. The fraction of sp³-hybridized carbons (Fsp3) is 0.0909. The van der Waals surface area contributed by atoms with Crippen molar-refractivity contribution in [2.45, 2.75) is 0 Å². The van der Waals surface area contributed by atoms with Crippen molar-refractivity contribution in [3.8, 4) is 5.69 Å². The Morgan fingerprint density at radius 1 is 1.42 bits per heavy atom. The Labute approximate surface area is 117 Å². The third-order valence-electron chi connectivity index (χ3n) is 2.26. The van der Waals surface area contributed by atoms with Gasteiger partial charge < -0.3 is 5.73 Å². The van der Waals surface area contributed by atoms with E-state index >= 15 is 0 Å². The van der Waals surface area contributed by atoms with Gasteiger partial charge in [0.05, 0.1) is 5.69 Å². The van der Waals surface area contributed by atoms with Gasteiger partial charge in [0, 0.05) is 18.3 Å². The van der Waals surface area contributed by atoms with Crippen LogP contribution in [-0.2, 0) is 0 Å². The van der Waals surface area contributed by atoms with Gasteiger partial charge in [-0.05, 0) is 6.26 Å². The molecule has 4 nitrogen and oxygen atoms in total. The van der Waals surface area contributed by atoms with Crippen LogP contribution < -0.4 is 5.73 Å². The fourth-order valence-electron chi connectivity index (χ4n) is 1.46. The number of rotatable bonds is 2. The van der Waals surface area contributed by atoms with Crippen LogP contribution in [0.5, 0.6) is 0 Å². The molecule has 0 unspecified atom stereocenters. The number of hydrogen-bond acceptors (Lipinski definition) is 3. The first-order valence-electron chi connectivity index (χ1n) is 5.08. The lowest BCUT2D eigenvalue weighted by Crippen LogP contribution is -2.05. The topological polar surface area (TPSA) is 56.2 Å². The molecule has 8 heteroatoms. The van der Waals surface area contributed by atoms with Gasteiger partial charge >= 0.3 is 0 Å². The molecule has 0 spiro atoms. The van der Waals surface area contributed by atoms with Gasteiger partial charge in [-0.25, -0.2) is 18.8 Å². The van der Waals surface area contributed by atoms with Crippen LogP contribution in [0.3, 0.4) is 0 Å². The molecule has 100 valence electrons. The molecule has 0 saturated heterocycles. The first-order valence-corrected chi connectivity index (χ1v) is 6.68. The minimum absolute atomic E-state index is 0.108. The van der Waals surface area contributed by atoms with Crippen molar-refractivity contribution < 1.29 is 8.78 Å². The van der Waals surface area contributed by atoms with E-state index in [0.717, 1.165) is 12.1 Å². The van der Waals surface area contributed by atoms with Gasteiger partial charge in [-0.1, -0.05) is 23.4 Å². The Hall–Kier alpha value is -1.60. The number of aliphatic imine (C=N–C) groups is 1. The average molecular weight is 303 g/mol. The van der Waals surface area contributed by atoms with E-state index in [9.17, 15) is 8.78 Å². The first-order chi connectivity index (χ1) is 9.01. The first kappa shape index (κ1) is 13.8. The molecule has 19 heavy (non-hydrogen) atoms. The number of imidazole rings is 1. The van der Waals surface area contributed by atoms with E-state index in [1.165, 1.54) is 28.9 Å². The third kappa shape index (κ3) is 3.05. The molecule has 2 rings (SSSR count). The Bertz CT molecular complexity index is 618. The molecule has 2 N–H and O–H groups in total. The number of thioether (sulfide) groups is 1. The van der Waals surface area contributed by atoms with Crippen molar-refractivity contribution in [2.24, 2.45) is 10.7 Å². The predicted molar refractivity (Wildman–Crippen MR) is 73.3 cm³/mol. The second-order valence-corrected chi connectivity index (χ2v) is 4.73. The number of nitrogens with two attached hydrogens (primary N) is 1. The molecule has 0 aliphatic carbocycles. The highest BCUT2D eigenvalue weighted by atomic mass is 35.5. The van der Waals surface area contributed by atoms with Crippen LogP contribution in [0, 0.1) is 11.6 Å². The minimum atomic E-state index is -0.776. The smallest absolute Gasteiger partial charge is 0.158 e. The molecule has 0 amide bonds. The molecule has 0 saturated carbocycles. The van der Waals surface area contributed by atoms with Gasteiger partial charge in [0.15, 0.2) is 16.8 Å². The summed E-state index contributed by atoms with van der Waals surface area (Å²) in [6.07, 6.45) is 4.25. The summed E-state index contributed by atoms with van der Waals surface area (Å²) in [4.78, 5) is 7.57. The zero-order valence-electron chi connectivity index (χ0n) is 9.77. The zero-order chi connectivity index (χ0) is 14.0. The Balaban J connectivity index is 2.49. The summed E-state index contributed by atoms with van der Waals surface area (Å²) in [6.45, 7) is 0. The molecule has 1 aromatic carbocycles. The minimum Gasteiger partial charge on any atom is -0.378 e. The predicted octanol–water partition coefficient (Wildman–Crippen LogP) is 3.11. The Morgan fingerprint density at radius 3 is 2.53 bits per heavy atom. The summed E-state index contributed by atoms with van der Waals surface area (Å²) in [7, 11) is 0. The van der Waals surface area contributed by atoms with E-state index in [2.05, 4.69) is 9.98 Å². The van der Waals surface area contributed by atoms with Crippen molar-refractivity contribution in [2.75, 3.05) is 6.26 Å². The molecule has 0 aliphatic rings. The summed E-state index contributed by atoms with van der Waals surface area (Å²) >= 11 is 6.80. The summed E-state index contributed by atoms with van der Waals surface area (Å²) in [5.74, 6) is -1.55. The normalized spacial score (nSPS) is 11.9. The summed E-state index contributed by atoms with van der Waals surface area (Å²) in [5, 5.41) is 0.366. The van der Waals surface area contributed by atoms with E-state index < -0.39 is 11.6 Å². The average Bonchev–Trinajstić information content (AvgIpc) is 2.74. The van der Waals surface area contributed by atoms with Crippen LogP contribution in [0.25, 0.3) is 5.69 Å². The van der Waals surface area contributed by atoms with Crippen LogP contribution in [0.1, 0.15) is 0 Å². The summed E-state index contributed by atoms with van der Waals surface area (Å²) in [6, 6.07) is 2.19. The van der Waals surface area contributed by atoms with E-state index in [4.69, 9.17) is 17.3 Å².